The molecule has 212 valence electrons. The minimum Gasteiger partial charge on any atom is -0.508 e. The average Bonchev–Trinajstić information content (AvgIpc) is 2.89. The number of carbonyl (C=O) groups excluding carboxylic acids is 3. The summed E-state index contributed by atoms with van der Waals surface area (Å²) >= 11 is 0. The largest absolute Gasteiger partial charge is 0.508 e. The number of hydrogen-bond acceptors (Lipinski definition) is 8. The number of carboxylic acids is 1. The summed E-state index contributed by atoms with van der Waals surface area (Å²) in [5, 5.41) is 36.5. The Morgan fingerprint density at radius 1 is 0.718 bits per heavy atom. The van der Waals surface area contributed by atoms with E-state index in [-0.39, 0.29) is 30.8 Å². The molecule has 12 nitrogen and oxygen atoms in total. The van der Waals surface area contributed by atoms with Gasteiger partial charge < -0.3 is 42.7 Å². The Kier molecular flexibility index (Phi) is 12.2. The molecule has 0 saturated heterocycles. The summed E-state index contributed by atoms with van der Waals surface area (Å²) in [5.41, 5.74) is 12.4. The second-order valence-corrected chi connectivity index (χ2v) is 9.34. The predicted molar refractivity (Wildman–Crippen MR) is 144 cm³/mol. The minimum atomic E-state index is -1.32. The van der Waals surface area contributed by atoms with Crippen LogP contribution in [0.15, 0.2) is 48.5 Å². The smallest absolute Gasteiger partial charge is 0.326 e. The molecule has 0 spiro atoms. The molecule has 12 heteroatoms. The summed E-state index contributed by atoms with van der Waals surface area (Å²) in [6.45, 7) is 1.88. The monoisotopic (exact) mass is 543 g/mol. The molecule has 0 radical (unpaired) electrons. The quantitative estimate of drug-likeness (QED) is 0.140. The van der Waals surface area contributed by atoms with Crippen LogP contribution in [0.25, 0.3) is 0 Å². The Labute approximate surface area is 226 Å². The minimum absolute atomic E-state index is 0.0137. The number of hydrogen-bond donors (Lipinski definition) is 8. The number of benzene rings is 2. The van der Waals surface area contributed by atoms with E-state index in [2.05, 4.69) is 16.0 Å². The molecule has 0 fully saturated rings. The number of amides is 3. The number of nitrogens with two attached hydrogens (primary N) is 2. The van der Waals surface area contributed by atoms with Crippen LogP contribution in [0.5, 0.6) is 11.5 Å². The van der Waals surface area contributed by atoms with Crippen LogP contribution in [0.1, 0.15) is 37.3 Å². The van der Waals surface area contributed by atoms with Crippen molar-refractivity contribution < 1.29 is 34.5 Å². The van der Waals surface area contributed by atoms with Crippen LogP contribution < -0.4 is 27.4 Å². The zero-order chi connectivity index (χ0) is 28.9. The molecule has 0 aliphatic heterocycles. The first-order valence-corrected chi connectivity index (χ1v) is 12.7. The summed E-state index contributed by atoms with van der Waals surface area (Å²) in [4.78, 5) is 50.7. The van der Waals surface area contributed by atoms with Crippen LogP contribution in [0.4, 0.5) is 0 Å². The summed E-state index contributed by atoms with van der Waals surface area (Å²) in [6, 6.07) is 7.53. The van der Waals surface area contributed by atoms with E-state index in [1.807, 2.05) is 0 Å². The molecular formula is C27H37N5O7. The standard InChI is InChI=1S/C27H37N5O7/c1-16(29)24(35)30-21(4-2-3-13-28)25(36)31-22(14-17-5-9-19(33)10-6-17)26(37)32-23(27(38)39)15-18-7-11-20(34)12-8-18/h5-12,16,21-23,33-34H,2-4,13-15,28-29H2,1H3,(H,30,35)(H,31,36)(H,32,37)(H,38,39). The predicted octanol–water partition coefficient (Wildman–Crippen LogP) is -0.102. The van der Waals surface area contributed by atoms with Crippen molar-refractivity contribution in [1.29, 1.82) is 0 Å². The number of unbranched alkanes of at least 4 members (excludes halogenated alkanes) is 1. The highest BCUT2D eigenvalue weighted by Gasteiger charge is 2.30. The maximum Gasteiger partial charge on any atom is 0.326 e. The normalized spacial score (nSPS) is 13.9. The Balaban J connectivity index is 2.26. The van der Waals surface area contributed by atoms with Crippen molar-refractivity contribution in [2.75, 3.05) is 6.54 Å². The zero-order valence-electron chi connectivity index (χ0n) is 21.8. The maximum absolute atomic E-state index is 13.3. The van der Waals surface area contributed by atoms with Crippen molar-refractivity contribution in [3.05, 3.63) is 59.7 Å². The van der Waals surface area contributed by atoms with E-state index < -0.39 is 47.9 Å². The Bertz CT molecular complexity index is 1110. The lowest BCUT2D eigenvalue weighted by atomic mass is 10.0. The van der Waals surface area contributed by atoms with Crippen molar-refractivity contribution >= 4 is 23.7 Å². The molecule has 0 aromatic heterocycles. The molecular weight excluding hydrogens is 506 g/mol. The number of nitrogens with one attached hydrogen (secondary N) is 3. The molecule has 39 heavy (non-hydrogen) atoms. The van der Waals surface area contributed by atoms with Crippen LogP contribution in [0.3, 0.4) is 0 Å². The molecule has 0 saturated carbocycles. The Morgan fingerprint density at radius 2 is 1.15 bits per heavy atom. The van der Waals surface area contributed by atoms with Gasteiger partial charge in [0.2, 0.25) is 17.7 Å². The van der Waals surface area contributed by atoms with E-state index in [9.17, 15) is 34.5 Å². The molecule has 2 rings (SSSR count). The van der Waals surface area contributed by atoms with Gasteiger partial charge in [0.05, 0.1) is 6.04 Å². The number of rotatable bonds is 15. The van der Waals surface area contributed by atoms with E-state index in [4.69, 9.17) is 11.5 Å². The van der Waals surface area contributed by atoms with Gasteiger partial charge >= 0.3 is 5.97 Å². The molecule has 0 bridgehead atoms. The van der Waals surface area contributed by atoms with E-state index in [1.165, 1.54) is 31.2 Å². The lowest BCUT2D eigenvalue weighted by Crippen LogP contribution is -2.57. The van der Waals surface area contributed by atoms with Crippen LogP contribution >= 0.6 is 0 Å². The number of carbonyl (C=O) groups is 4. The fourth-order valence-corrected chi connectivity index (χ4v) is 3.75. The van der Waals surface area contributed by atoms with Gasteiger partial charge in [-0.3, -0.25) is 14.4 Å². The van der Waals surface area contributed by atoms with Gasteiger partial charge in [0.1, 0.15) is 29.6 Å². The summed E-state index contributed by atoms with van der Waals surface area (Å²) in [6.07, 6.45) is 1.34. The Morgan fingerprint density at radius 3 is 1.62 bits per heavy atom. The number of aliphatic carboxylic acids is 1. The first-order chi connectivity index (χ1) is 18.5. The first-order valence-electron chi connectivity index (χ1n) is 12.7. The maximum atomic E-state index is 13.3. The van der Waals surface area contributed by atoms with Crippen molar-refractivity contribution in [1.82, 2.24) is 16.0 Å². The van der Waals surface area contributed by atoms with E-state index in [0.29, 0.717) is 30.5 Å². The third-order valence-corrected chi connectivity index (χ3v) is 5.99. The highest BCUT2D eigenvalue weighted by molar-refractivity contribution is 5.94. The lowest BCUT2D eigenvalue weighted by Gasteiger charge is -2.25. The molecule has 4 unspecified atom stereocenters. The van der Waals surface area contributed by atoms with E-state index in [0.717, 1.165) is 0 Å². The number of phenols is 2. The summed E-state index contributed by atoms with van der Waals surface area (Å²) in [5.74, 6) is -3.17. The van der Waals surface area contributed by atoms with Crippen LogP contribution in [-0.2, 0) is 32.0 Å². The van der Waals surface area contributed by atoms with Crippen molar-refractivity contribution in [3.8, 4) is 11.5 Å². The third-order valence-electron chi connectivity index (χ3n) is 5.99. The van der Waals surface area contributed by atoms with Gasteiger partial charge in [-0.2, -0.15) is 0 Å². The van der Waals surface area contributed by atoms with Crippen LogP contribution in [0.2, 0.25) is 0 Å². The molecule has 2 aromatic rings. The van der Waals surface area contributed by atoms with Crippen molar-refractivity contribution in [3.63, 3.8) is 0 Å². The van der Waals surface area contributed by atoms with Gasteiger partial charge in [-0.15, -0.1) is 0 Å². The molecule has 0 aliphatic carbocycles. The second-order valence-electron chi connectivity index (χ2n) is 9.34. The topological polar surface area (TPSA) is 217 Å². The Hall–Kier alpha value is -4.16. The fraction of sp³-hybridized carbons (Fsp3) is 0.407. The summed E-state index contributed by atoms with van der Waals surface area (Å²) in [7, 11) is 0. The lowest BCUT2D eigenvalue weighted by molar-refractivity contribution is -0.142. The van der Waals surface area contributed by atoms with Gasteiger partial charge in [-0.05, 0) is 68.1 Å². The van der Waals surface area contributed by atoms with Crippen LogP contribution in [-0.4, -0.2) is 69.7 Å². The fourth-order valence-electron chi connectivity index (χ4n) is 3.75. The number of carboxylic acid groups (broad SMARTS) is 1. The van der Waals surface area contributed by atoms with Gasteiger partial charge in [-0.25, -0.2) is 4.79 Å². The molecule has 4 atom stereocenters. The van der Waals surface area contributed by atoms with E-state index >= 15 is 0 Å². The second kappa shape index (κ2) is 15.3. The molecule has 10 N–H and O–H groups in total. The zero-order valence-corrected chi connectivity index (χ0v) is 21.8. The van der Waals surface area contributed by atoms with Gasteiger partial charge in [0, 0.05) is 12.8 Å². The van der Waals surface area contributed by atoms with Crippen LogP contribution in [0, 0.1) is 0 Å². The van der Waals surface area contributed by atoms with Gasteiger partial charge in [0.15, 0.2) is 0 Å². The first kappa shape index (κ1) is 31.1. The number of aromatic hydroxyl groups is 2. The third kappa shape index (κ3) is 10.6. The average molecular weight is 544 g/mol. The van der Waals surface area contributed by atoms with Gasteiger partial charge in [0.25, 0.3) is 0 Å². The van der Waals surface area contributed by atoms with Crippen molar-refractivity contribution in [2.24, 2.45) is 11.5 Å². The van der Waals surface area contributed by atoms with Crippen molar-refractivity contribution in [2.45, 2.75) is 63.2 Å². The van der Waals surface area contributed by atoms with E-state index in [1.54, 1.807) is 24.3 Å². The van der Waals surface area contributed by atoms with Gasteiger partial charge in [-0.1, -0.05) is 24.3 Å². The summed E-state index contributed by atoms with van der Waals surface area (Å²) < 4.78 is 0. The highest BCUT2D eigenvalue weighted by atomic mass is 16.4. The molecule has 2 aromatic carbocycles. The number of phenolic OH excluding ortho intramolecular Hbond substituents is 2. The SMILES string of the molecule is CC(N)C(=O)NC(CCCCN)C(=O)NC(Cc1ccc(O)cc1)C(=O)NC(Cc1ccc(O)cc1)C(=O)O. The molecule has 0 aliphatic rings. The highest BCUT2D eigenvalue weighted by Crippen LogP contribution is 2.14. The molecule has 0 heterocycles. The molecule has 3 amide bonds.